The van der Waals surface area contributed by atoms with Crippen LogP contribution in [0.3, 0.4) is 0 Å². The summed E-state index contributed by atoms with van der Waals surface area (Å²) in [5.74, 6) is 1.01. The molecule has 4 aliphatic heterocycles. The molecule has 10 heteroatoms. The molecule has 0 spiro atoms. The number of allylic oxidation sites excluding steroid dienone is 3. The number of aliphatic imine (C=N–C) groups is 1. The quantitative estimate of drug-likeness (QED) is 0.501. The third-order valence-corrected chi connectivity index (χ3v) is 8.44. The van der Waals surface area contributed by atoms with Crippen LogP contribution in [0.1, 0.15) is 37.0 Å². The van der Waals surface area contributed by atoms with Crippen molar-refractivity contribution in [3.63, 3.8) is 0 Å². The molecular weight excluding hydrogens is 554 g/mol. The van der Waals surface area contributed by atoms with E-state index >= 15 is 0 Å². The van der Waals surface area contributed by atoms with Crippen molar-refractivity contribution in [3.8, 4) is 0 Å². The Hall–Kier alpha value is -4.86. The van der Waals surface area contributed by atoms with Gasteiger partial charge < -0.3 is 19.4 Å². The summed E-state index contributed by atoms with van der Waals surface area (Å²) in [6, 6.07) is 11.6. The smallest absolute Gasteiger partial charge is 0.410 e. The average Bonchev–Trinajstić information content (AvgIpc) is 3.08. The molecular formula is C34H39N7O3. The Labute approximate surface area is 258 Å². The molecule has 1 unspecified atom stereocenters. The topological polar surface area (TPSA) is 93.6 Å². The van der Waals surface area contributed by atoms with E-state index in [9.17, 15) is 9.59 Å². The first-order valence-corrected chi connectivity index (χ1v) is 15.4. The van der Waals surface area contributed by atoms with Crippen LogP contribution in [0, 0.1) is 5.92 Å². The van der Waals surface area contributed by atoms with E-state index in [-0.39, 0.29) is 17.9 Å². The van der Waals surface area contributed by atoms with Crippen molar-refractivity contribution in [2.24, 2.45) is 10.9 Å². The number of ether oxygens (including phenoxy) is 1. The minimum absolute atomic E-state index is 0.0463. The molecule has 4 aliphatic rings. The van der Waals surface area contributed by atoms with Gasteiger partial charge in [0.2, 0.25) is 0 Å². The van der Waals surface area contributed by atoms with E-state index in [1.807, 2.05) is 65.6 Å². The van der Waals surface area contributed by atoms with Crippen LogP contribution in [-0.2, 0) is 4.74 Å². The normalized spacial score (nSPS) is 20.8. The maximum atomic E-state index is 13.2. The number of fused-ring (bicyclic) bond motifs is 1. The fourth-order valence-corrected chi connectivity index (χ4v) is 5.96. The number of pyridine rings is 1. The molecule has 1 atom stereocenters. The molecule has 0 saturated carbocycles. The summed E-state index contributed by atoms with van der Waals surface area (Å²) in [4.78, 5) is 40.5. The number of benzene rings is 1. The van der Waals surface area contributed by atoms with Gasteiger partial charge in [-0.15, -0.1) is 0 Å². The molecule has 1 N–H and O–H groups in total. The van der Waals surface area contributed by atoms with Gasteiger partial charge in [0.1, 0.15) is 5.84 Å². The van der Waals surface area contributed by atoms with Gasteiger partial charge in [0.05, 0.1) is 29.9 Å². The summed E-state index contributed by atoms with van der Waals surface area (Å²) in [7, 11) is 0. The first-order chi connectivity index (χ1) is 21.5. The summed E-state index contributed by atoms with van der Waals surface area (Å²) >= 11 is 0. The number of aromatic nitrogens is 1. The zero-order chi connectivity index (χ0) is 30.5. The van der Waals surface area contributed by atoms with Crippen LogP contribution in [0.2, 0.25) is 0 Å². The number of carbonyl (C=O) groups is 2. The number of rotatable bonds is 6. The molecule has 1 aromatic heterocycles. The second kappa shape index (κ2) is 13.2. The molecule has 44 heavy (non-hydrogen) atoms. The Bertz CT molecular complexity index is 1520. The zero-order valence-electron chi connectivity index (χ0n) is 25.4. The lowest BCUT2D eigenvalue weighted by Crippen LogP contribution is -2.48. The minimum atomic E-state index is -0.260. The number of hydrazine groups is 1. The number of hydrogen-bond donors (Lipinski definition) is 1. The molecule has 10 nitrogen and oxygen atoms in total. The lowest BCUT2D eigenvalue weighted by molar-refractivity contribution is 0.0746. The largest absolute Gasteiger partial charge is 0.450 e. The van der Waals surface area contributed by atoms with Gasteiger partial charge in [-0.1, -0.05) is 19.1 Å². The molecule has 6 rings (SSSR count). The molecule has 1 fully saturated rings. The van der Waals surface area contributed by atoms with E-state index in [1.54, 1.807) is 11.1 Å². The molecule has 0 radical (unpaired) electrons. The molecule has 1 saturated heterocycles. The van der Waals surface area contributed by atoms with Crippen LogP contribution in [0.4, 0.5) is 16.2 Å². The highest BCUT2D eigenvalue weighted by Crippen LogP contribution is 2.34. The van der Waals surface area contributed by atoms with Gasteiger partial charge >= 0.3 is 6.09 Å². The maximum absolute atomic E-state index is 13.2. The maximum Gasteiger partial charge on any atom is 0.410 e. The molecule has 1 aromatic carbocycles. The lowest BCUT2D eigenvalue weighted by atomic mass is 9.91. The van der Waals surface area contributed by atoms with Crippen LogP contribution in [0.25, 0.3) is 0 Å². The van der Waals surface area contributed by atoms with Crippen molar-refractivity contribution in [1.29, 1.82) is 0 Å². The van der Waals surface area contributed by atoms with Crippen LogP contribution >= 0.6 is 0 Å². The van der Waals surface area contributed by atoms with E-state index in [4.69, 9.17) is 9.73 Å². The van der Waals surface area contributed by atoms with Crippen molar-refractivity contribution < 1.29 is 14.3 Å². The number of nitrogens with zero attached hydrogens (tertiary/aromatic N) is 6. The number of amidine groups is 1. The number of hydrogen-bond acceptors (Lipinski definition) is 7. The van der Waals surface area contributed by atoms with Gasteiger partial charge in [-0.2, -0.15) is 0 Å². The molecule has 5 heterocycles. The Morgan fingerprint density at radius 2 is 1.86 bits per heavy atom. The van der Waals surface area contributed by atoms with E-state index in [2.05, 4.69) is 46.5 Å². The van der Waals surface area contributed by atoms with Crippen molar-refractivity contribution >= 4 is 29.2 Å². The average molecular weight is 594 g/mol. The zero-order valence-corrected chi connectivity index (χ0v) is 25.4. The number of carbonyl (C=O) groups excluding carboxylic acids is 2. The summed E-state index contributed by atoms with van der Waals surface area (Å²) in [5, 5.41) is 2.02. The van der Waals surface area contributed by atoms with Gasteiger partial charge in [0.15, 0.2) is 0 Å². The second-order valence-electron chi connectivity index (χ2n) is 11.1. The fraction of sp³-hybridized carbons (Fsp3) is 0.353. The predicted octanol–water partition coefficient (Wildman–Crippen LogP) is 5.05. The Kier molecular flexibility index (Phi) is 8.76. The number of amides is 2. The monoisotopic (exact) mass is 593 g/mol. The summed E-state index contributed by atoms with van der Waals surface area (Å²) in [6.07, 6.45) is 15.6. The van der Waals surface area contributed by atoms with Crippen molar-refractivity contribution in [2.75, 3.05) is 50.8 Å². The van der Waals surface area contributed by atoms with Crippen LogP contribution in [0.5, 0.6) is 0 Å². The van der Waals surface area contributed by atoms with Crippen molar-refractivity contribution in [2.45, 2.75) is 26.7 Å². The SMILES string of the molecule is CCOC(=O)N1CC=C(C2=CC=CN3NC(=Nc4ccc(C(=O)N5CCN(c6cccnc6)CC5)cc4)C(CC)C=C23)CC1. The lowest BCUT2D eigenvalue weighted by Gasteiger charge is -2.37. The molecule has 0 bridgehead atoms. The van der Waals surface area contributed by atoms with E-state index in [1.165, 1.54) is 5.57 Å². The Morgan fingerprint density at radius 1 is 1.05 bits per heavy atom. The summed E-state index contributed by atoms with van der Waals surface area (Å²) in [5.41, 5.74) is 9.55. The van der Waals surface area contributed by atoms with Crippen LogP contribution < -0.4 is 10.3 Å². The highest BCUT2D eigenvalue weighted by Gasteiger charge is 2.29. The fourth-order valence-electron chi connectivity index (χ4n) is 5.96. The predicted molar refractivity (Wildman–Crippen MR) is 171 cm³/mol. The highest BCUT2D eigenvalue weighted by atomic mass is 16.6. The van der Waals surface area contributed by atoms with Crippen LogP contribution in [0.15, 0.2) is 101 Å². The number of nitrogens with one attached hydrogen (secondary N) is 1. The molecule has 228 valence electrons. The van der Waals surface area contributed by atoms with Crippen molar-refractivity contribution in [3.05, 3.63) is 102 Å². The van der Waals surface area contributed by atoms with E-state index < -0.39 is 0 Å². The highest BCUT2D eigenvalue weighted by molar-refractivity contribution is 5.95. The van der Waals surface area contributed by atoms with Gasteiger partial charge in [-0.25, -0.2) is 9.79 Å². The minimum Gasteiger partial charge on any atom is -0.450 e. The number of piperazine rings is 1. The van der Waals surface area contributed by atoms with Gasteiger partial charge in [-0.05, 0) is 73.9 Å². The Morgan fingerprint density at radius 3 is 2.55 bits per heavy atom. The number of anilines is 1. The Balaban J connectivity index is 1.11. The van der Waals surface area contributed by atoms with Crippen molar-refractivity contribution in [1.82, 2.24) is 25.2 Å². The summed E-state index contributed by atoms with van der Waals surface area (Å²) < 4.78 is 5.17. The van der Waals surface area contributed by atoms with Gasteiger partial charge in [0.25, 0.3) is 5.91 Å². The summed E-state index contributed by atoms with van der Waals surface area (Å²) in [6.45, 7) is 8.46. The van der Waals surface area contributed by atoms with Crippen LogP contribution in [-0.4, -0.2) is 83.5 Å². The van der Waals surface area contributed by atoms with E-state index in [0.29, 0.717) is 38.3 Å². The van der Waals surface area contributed by atoms with E-state index in [0.717, 1.165) is 54.4 Å². The first kappa shape index (κ1) is 29.2. The molecule has 2 amide bonds. The van der Waals surface area contributed by atoms with Gasteiger partial charge in [-0.3, -0.25) is 20.2 Å². The molecule has 2 aromatic rings. The second-order valence-corrected chi connectivity index (χ2v) is 11.1. The first-order valence-electron chi connectivity index (χ1n) is 15.4. The standard InChI is InChI=1S/C34H39N7O3/c1-3-25-23-31-30(26-13-17-40(18-14-26)34(43)44-4-2)8-6-16-41(31)37-32(25)36-28-11-9-27(10-12-28)33(42)39-21-19-38(20-22-39)29-7-5-15-35-24-29/h5-13,15-16,23-25H,3-4,14,17-22H2,1-2H3,(H,36,37). The third-order valence-electron chi connectivity index (χ3n) is 8.44. The molecule has 0 aliphatic carbocycles. The van der Waals surface area contributed by atoms with Gasteiger partial charge in [0, 0.05) is 68.7 Å². The third kappa shape index (κ3) is 6.24.